The molecule has 0 aliphatic carbocycles. The van der Waals surface area contributed by atoms with E-state index in [0.717, 1.165) is 5.56 Å². The van der Waals surface area contributed by atoms with Crippen molar-refractivity contribution in [3.05, 3.63) is 60.2 Å². The third-order valence-electron chi connectivity index (χ3n) is 5.77. The number of carbonyl (C=O) groups is 4. The number of rotatable bonds is 12. The summed E-state index contributed by atoms with van der Waals surface area (Å²) in [6.07, 6.45) is 3.64. The van der Waals surface area contributed by atoms with E-state index in [4.69, 9.17) is 9.31 Å². The maximum Gasteiger partial charge on any atom is 0.531 e. The number of methoxy groups -OCH3 is 1. The van der Waals surface area contributed by atoms with Crippen LogP contribution in [0.15, 0.2) is 48.9 Å². The highest BCUT2D eigenvalue weighted by molar-refractivity contribution is 6.51. The quantitative estimate of drug-likeness (QED) is 0.347. The number of carbonyl (C=O) groups excluding carboxylic acids is 4. The largest absolute Gasteiger partial charge is 0.531 e. The summed E-state index contributed by atoms with van der Waals surface area (Å²) >= 11 is 0. The molecule has 1 N–H and O–H groups in total. The Morgan fingerprint density at radius 2 is 1.92 bits per heavy atom. The van der Waals surface area contributed by atoms with E-state index in [-0.39, 0.29) is 36.7 Å². The minimum absolute atomic E-state index is 0.000675. The molecule has 0 unspecified atom stereocenters. The molecule has 0 spiro atoms. The monoisotopic (exact) mass is 495 g/mol. The summed E-state index contributed by atoms with van der Waals surface area (Å²) in [6, 6.07) is 8.48. The molecule has 3 rings (SSSR count). The SMILES string of the molecule is COC(=O)C[C@H]1OB([C@@H](CC(=O)[C@H](Cc2ccccc2)NC(=O)c2cnccn2)CC(C)C)OC1=O. The van der Waals surface area contributed by atoms with Crippen molar-refractivity contribution >= 4 is 30.7 Å². The second-order valence-corrected chi connectivity index (χ2v) is 9.08. The van der Waals surface area contributed by atoms with Gasteiger partial charge in [0.25, 0.3) is 5.91 Å². The Morgan fingerprint density at radius 1 is 1.17 bits per heavy atom. The fourth-order valence-corrected chi connectivity index (χ4v) is 4.05. The topological polar surface area (TPSA) is 134 Å². The van der Waals surface area contributed by atoms with Gasteiger partial charge in [-0.1, -0.05) is 44.2 Å². The molecule has 1 aliphatic rings. The zero-order valence-electron chi connectivity index (χ0n) is 20.6. The number of ether oxygens (including phenoxy) is 1. The Labute approximate surface area is 210 Å². The van der Waals surface area contributed by atoms with Crippen LogP contribution in [0, 0.1) is 5.92 Å². The van der Waals surface area contributed by atoms with E-state index in [0.29, 0.717) is 6.42 Å². The van der Waals surface area contributed by atoms with Gasteiger partial charge in [-0.2, -0.15) is 0 Å². The molecule has 1 amide bonds. The van der Waals surface area contributed by atoms with Gasteiger partial charge < -0.3 is 19.4 Å². The van der Waals surface area contributed by atoms with Crippen molar-refractivity contribution in [3.63, 3.8) is 0 Å². The molecule has 0 radical (unpaired) electrons. The average Bonchev–Trinajstić information content (AvgIpc) is 3.23. The Kier molecular flexibility index (Phi) is 9.69. The van der Waals surface area contributed by atoms with Gasteiger partial charge in [0.2, 0.25) is 0 Å². The molecule has 2 aromatic rings. The van der Waals surface area contributed by atoms with Gasteiger partial charge in [-0.25, -0.2) is 4.98 Å². The van der Waals surface area contributed by atoms with E-state index in [2.05, 4.69) is 20.0 Å². The summed E-state index contributed by atoms with van der Waals surface area (Å²) < 4.78 is 15.7. The number of hydrogen-bond donors (Lipinski definition) is 1. The van der Waals surface area contributed by atoms with Crippen LogP contribution in [0.4, 0.5) is 0 Å². The maximum atomic E-state index is 13.5. The smallest absolute Gasteiger partial charge is 0.507 e. The first-order chi connectivity index (χ1) is 17.3. The van der Waals surface area contributed by atoms with E-state index >= 15 is 0 Å². The highest BCUT2D eigenvalue weighted by Gasteiger charge is 2.47. The van der Waals surface area contributed by atoms with Crippen molar-refractivity contribution in [1.82, 2.24) is 15.3 Å². The third kappa shape index (κ3) is 7.71. The lowest BCUT2D eigenvalue weighted by Gasteiger charge is -2.23. The van der Waals surface area contributed by atoms with E-state index < -0.39 is 42.9 Å². The molecule has 3 atom stereocenters. The number of aromatic nitrogens is 2. The molecule has 2 heterocycles. The third-order valence-corrected chi connectivity index (χ3v) is 5.77. The lowest BCUT2D eigenvalue weighted by molar-refractivity contribution is -0.147. The summed E-state index contributed by atoms with van der Waals surface area (Å²) in [5.74, 6) is -2.30. The average molecular weight is 495 g/mol. The molecule has 1 aromatic heterocycles. The van der Waals surface area contributed by atoms with Crippen LogP contribution in [0.3, 0.4) is 0 Å². The minimum Gasteiger partial charge on any atom is -0.507 e. The molecule has 0 bridgehead atoms. The van der Waals surface area contributed by atoms with Crippen molar-refractivity contribution in [2.24, 2.45) is 5.92 Å². The standard InChI is InChI=1S/C25H30BN3O7/c1-16(2)11-18(26-35-22(25(33)36-26)14-23(31)34-3)13-21(30)19(12-17-7-5-4-6-8-17)29-24(32)20-15-27-9-10-28-20/h4-10,15-16,18-19,22H,11-14H2,1-3H3,(H,29,32)/t18-,19+,22-/m1/s1. The highest BCUT2D eigenvalue weighted by atomic mass is 16.7. The van der Waals surface area contributed by atoms with Gasteiger partial charge >= 0.3 is 19.1 Å². The number of amides is 1. The number of ketones is 1. The minimum atomic E-state index is -1.08. The van der Waals surface area contributed by atoms with Gasteiger partial charge in [-0.3, -0.25) is 24.2 Å². The van der Waals surface area contributed by atoms with Gasteiger partial charge in [0, 0.05) is 24.6 Å². The summed E-state index contributed by atoms with van der Waals surface area (Å²) in [4.78, 5) is 58.1. The van der Waals surface area contributed by atoms with Gasteiger partial charge in [-0.15, -0.1) is 0 Å². The van der Waals surface area contributed by atoms with E-state index in [1.807, 2.05) is 44.2 Å². The Balaban J connectivity index is 1.76. The van der Waals surface area contributed by atoms with E-state index in [1.54, 1.807) is 0 Å². The van der Waals surface area contributed by atoms with Crippen LogP contribution in [0.2, 0.25) is 5.82 Å². The zero-order chi connectivity index (χ0) is 26.1. The molecule has 36 heavy (non-hydrogen) atoms. The first-order valence-corrected chi connectivity index (χ1v) is 11.8. The van der Waals surface area contributed by atoms with Gasteiger partial charge in [0.1, 0.15) is 5.69 Å². The second-order valence-electron chi connectivity index (χ2n) is 9.08. The number of nitrogens with one attached hydrogen (secondary N) is 1. The normalized spacial score (nSPS) is 16.8. The molecule has 0 saturated carbocycles. The zero-order valence-corrected chi connectivity index (χ0v) is 20.6. The lowest BCUT2D eigenvalue weighted by atomic mass is 9.65. The predicted octanol–water partition coefficient (Wildman–Crippen LogP) is 2.19. The molecule has 1 aliphatic heterocycles. The van der Waals surface area contributed by atoms with Crippen molar-refractivity contribution in [1.29, 1.82) is 0 Å². The molecule has 1 fully saturated rings. The highest BCUT2D eigenvalue weighted by Crippen LogP contribution is 2.32. The van der Waals surface area contributed by atoms with Crippen molar-refractivity contribution in [3.8, 4) is 0 Å². The lowest BCUT2D eigenvalue weighted by Crippen LogP contribution is -2.44. The van der Waals surface area contributed by atoms with Crippen molar-refractivity contribution < 1.29 is 33.2 Å². The fourth-order valence-electron chi connectivity index (χ4n) is 4.05. The summed E-state index contributed by atoms with van der Waals surface area (Å²) in [6.45, 7) is 3.97. The Morgan fingerprint density at radius 3 is 2.56 bits per heavy atom. The number of esters is 1. The van der Waals surface area contributed by atoms with Crippen molar-refractivity contribution in [2.45, 2.75) is 57.5 Å². The van der Waals surface area contributed by atoms with Gasteiger partial charge in [-0.05, 0) is 24.3 Å². The van der Waals surface area contributed by atoms with Crippen LogP contribution in [-0.4, -0.2) is 60.0 Å². The van der Waals surface area contributed by atoms with Gasteiger partial charge in [0.15, 0.2) is 11.9 Å². The molecule has 1 aromatic carbocycles. The number of hydrogen-bond acceptors (Lipinski definition) is 9. The van der Waals surface area contributed by atoms with Gasteiger partial charge in [0.05, 0.1) is 25.8 Å². The maximum absolute atomic E-state index is 13.5. The number of nitrogens with zero attached hydrogens (tertiary/aromatic N) is 2. The first kappa shape index (κ1) is 27.0. The second kappa shape index (κ2) is 12.9. The van der Waals surface area contributed by atoms with Crippen molar-refractivity contribution in [2.75, 3.05) is 7.11 Å². The summed E-state index contributed by atoms with van der Waals surface area (Å²) in [7, 11) is 0.245. The Hall–Kier alpha value is -3.60. The van der Waals surface area contributed by atoms with Crippen LogP contribution >= 0.6 is 0 Å². The molecule has 1 saturated heterocycles. The summed E-state index contributed by atoms with van der Waals surface area (Å²) in [5, 5.41) is 2.78. The van der Waals surface area contributed by atoms with Crippen LogP contribution in [0.25, 0.3) is 0 Å². The number of Topliss-reactive ketones (excluding diaryl/α,β-unsaturated/α-hetero) is 1. The predicted molar refractivity (Wildman–Crippen MR) is 130 cm³/mol. The molecule has 11 heteroatoms. The number of benzene rings is 1. The molecule has 10 nitrogen and oxygen atoms in total. The molecular formula is C25H30BN3O7. The fraction of sp³-hybridized carbons (Fsp3) is 0.440. The first-order valence-electron chi connectivity index (χ1n) is 11.8. The van der Waals surface area contributed by atoms with E-state index in [9.17, 15) is 19.2 Å². The van der Waals surface area contributed by atoms with Crippen LogP contribution in [0.1, 0.15) is 49.2 Å². The van der Waals surface area contributed by atoms with E-state index in [1.165, 1.54) is 25.7 Å². The summed E-state index contributed by atoms with van der Waals surface area (Å²) in [5.41, 5.74) is 0.971. The molecular weight excluding hydrogens is 465 g/mol. The Bertz CT molecular complexity index is 1050. The van der Waals surface area contributed by atoms with Crippen LogP contribution in [-0.2, 0) is 34.9 Å². The molecule has 190 valence electrons. The van der Waals surface area contributed by atoms with Crippen LogP contribution < -0.4 is 5.32 Å². The van der Waals surface area contributed by atoms with Crippen LogP contribution in [0.5, 0.6) is 0 Å².